The molecule has 1 aromatic heterocycles. The summed E-state index contributed by atoms with van der Waals surface area (Å²) in [6, 6.07) is 6.06. The van der Waals surface area contributed by atoms with E-state index < -0.39 is 82.2 Å². The van der Waals surface area contributed by atoms with Gasteiger partial charge in [0.2, 0.25) is 11.7 Å². The van der Waals surface area contributed by atoms with Gasteiger partial charge in [-0.2, -0.15) is 30.7 Å². The van der Waals surface area contributed by atoms with E-state index in [0.29, 0.717) is 11.6 Å². The molecule has 1 amide bonds. The maximum absolute atomic E-state index is 15.4. The number of alkyl halides is 6. The number of nitrogens with zero attached hydrogens (tertiary/aromatic N) is 1. The van der Waals surface area contributed by atoms with Crippen LogP contribution in [0.15, 0.2) is 41.2 Å². The van der Waals surface area contributed by atoms with Crippen LogP contribution in [0.2, 0.25) is 0 Å². The standard InChI is InChI=1S/C27H23F8N3O3/c1-2-19-22(29)25(40)38-23(37-19)20-18(27(33,34)35)7-6-14(21(20)28)11-36-24(39)15-9-17(10-15)41-12-13-4-3-5-16(8-13)26(30,31)32/h3-8,15,17H,2,9-12H2,1H3,(H,36,39)(H,37,38,40)/t15-,17-. The third kappa shape index (κ3) is 6.75. The number of benzene rings is 2. The van der Waals surface area contributed by atoms with Crippen molar-refractivity contribution in [3.63, 3.8) is 0 Å². The van der Waals surface area contributed by atoms with E-state index in [0.717, 1.165) is 18.2 Å². The van der Waals surface area contributed by atoms with Crippen LogP contribution in [0.1, 0.15) is 47.7 Å². The molecule has 1 aliphatic carbocycles. The van der Waals surface area contributed by atoms with Gasteiger partial charge in [-0.1, -0.05) is 25.1 Å². The lowest BCUT2D eigenvalue weighted by Gasteiger charge is -2.34. The van der Waals surface area contributed by atoms with Crippen molar-refractivity contribution in [1.82, 2.24) is 15.3 Å². The predicted octanol–water partition coefficient (Wildman–Crippen LogP) is 5.93. The van der Waals surface area contributed by atoms with Gasteiger partial charge in [0, 0.05) is 18.0 Å². The fraction of sp³-hybridized carbons (Fsp3) is 0.370. The van der Waals surface area contributed by atoms with E-state index in [9.17, 15) is 40.3 Å². The Bertz CT molecular complexity index is 1490. The predicted molar refractivity (Wildman–Crippen MR) is 129 cm³/mol. The second-order valence-corrected chi connectivity index (χ2v) is 9.51. The van der Waals surface area contributed by atoms with Gasteiger partial charge >= 0.3 is 12.4 Å². The number of carbonyl (C=O) groups excluding carboxylic acids is 1. The Labute approximate surface area is 227 Å². The number of hydrogen-bond donors (Lipinski definition) is 2. The van der Waals surface area contributed by atoms with Gasteiger partial charge in [-0.3, -0.25) is 9.59 Å². The molecule has 0 saturated heterocycles. The lowest BCUT2D eigenvalue weighted by Crippen LogP contribution is -2.42. The van der Waals surface area contributed by atoms with Crippen LogP contribution in [0, 0.1) is 17.6 Å². The van der Waals surface area contributed by atoms with Crippen molar-refractivity contribution in [2.24, 2.45) is 5.92 Å². The lowest BCUT2D eigenvalue weighted by molar-refractivity contribution is -0.138. The summed E-state index contributed by atoms with van der Waals surface area (Å²) in [5.41, 5.74) is -5.15. The molecular formula is C27H23F8N3O3. The van der Waals surface area contributed by atoms with E-state index >= 15 is 4.39 Å². The average molecular weight is 589 g/mol. The molecule has 6 nitrogen and oxygen atoms in total. The normalized spacial score (nSPS) is 17.3. The zero-order chi connectivity index (χ0) is 30.1. The third-order valence-electron chi connectivity index (χ3n) is 6.69. The SMILES string of the molecule is CCc1nc(-c2c(C(F)(F)F)ccc(CNC(=O)[C@H]3C[C@H](OCc4cccc(C(F)(F)F)c4)C3)c2F)[nH]c(=O)c1F. The molecule has 14 heteroatoms. The first-order valence-electron chi connectivity index (χ1n) is 12.4. The molecule has 1 fully saturated rings. The summed E-state index contributed by atoms with van der Waals surface area (Å²) in [6.07, 6.45) is -9.57. The molecule has 1 saturated carbocycles. The number of aromatic amines is 1. The van der Waals surface area contributed by atoms with Crippen LogP contribution < -0.4 is 10.9 Å². The molecule has 4 rings (SSSR count). The minimum Gasteiger partial charge on any atom is -0.373 e. The minimum absolute atomic E-state index is 0.0955. The Balaban J connectivity index is 1.41. The highest BCUT2D eigenvalue weighted by Crippen LogP contribution is 2.39. The molecule has 1 aliphatic rings. The molecule has 2 aromatic carbocycles. The summed E-state index contributed by atoms with van der Waals surface area (Å²) >= 11 is 0. The molecular weight excluding hydrogens is 566 g/mol. The van der Waals surface area contributed by atoms with E-state index in [4.69, 9.17) is 4.74 Å². The van der Waals surface area contributed by atoms with Gasteiger partial charge in [0.25, 0.3) is 5.56 Å². The quantitative estimate of drug-likeness (QED) is 0.320. The van der Waals surface area contributed by atoms with Crippen LogP contribution >= 0.6 is 0 Å². The number of aryl methyl sites for hydroxylation is 1. The van der Waals surface area contributed by atoms with E-state index in [1.165, 1.54) is 19.1 Å². The van der Waals surface area contributed by atoms with Gasteiger partial charge in [0.15, 0.2) is 0 Å². The van der Waals surface area contributed by atoms with Crippen LogP contribution in [0.25, 0.3) is 11.4 Å². The summed E-state index contributed by atoms with van der Waals surface area (Å²) in [5, 5.41) is 2.45. The van der Waals surface area contributed by atoms with Crippen molar-refractivity contribution in [2.75, 3.05) is 0 Å². The van der Waals surface area contributed by atoms with Crippen LogP contribution in [-0.4, -0.2) is 22.0 Å². The topological polar surface area (TPSA) is 84.1 Å². The number of halogens is 8. The maximum Gasteiger partial charge on any atom is 0.417 e. The largest absolute Gasteiger partial charge is 0.417 e. The zero-order valence-corrected chi connectivity index (χ0v) is 21.4. The van der Waals surface area contributed by atoms with Gasteiger partial charge in [-0.05, 0) is 43.0 Å². The van der Waals surface area contributed by atoms with Crippen LogP contribution in [0.3, 0.4) is 0 Å². The van der Waals surface area contributed by atoms with Crippen LogP contribution in [0.4, 0.5) is 35.1 Å². The highest BCUT2D eigenvalue weighted by Gasteiger charge is 2.38. The molecule has 0 atom stereocenters. The molecule has 0 spiro atoms. The highest BCUT2D eigenvalue weighted by molar-refractivity contribution is 5.79. The second kappa shape index (κ2) is 11.6. The number of aromatic nitrogens is 2. The summed E-state index contributed by atoms with van der Waals surface area (Å²) in [5.74, 6) is -4.56. The van der Waals surface area contributed by atoms with E-state index in [1.54, 1.807) is 0 Å². The van der Waals surface area contributed by atoms with Crippen molar-refractivity contribution in [3.8, 4) is 11.4 Å². The molecule has 0 unspecified atom stereocenters. The fourth-order valence-electron chi connectivity index (χ4n) is 4.38. The van der Waals surface area contributed by atoms with Gasteiger partial charge in [0.1, 0.15) is 11.6 Å². The Morgan fingerprint density at radius 2 is 1.76 bits per heavy atom. The minimum atomic E-state index is -5.04. The van der Waals surface area contributed by atoms with Crippen molar-refractivity contribution in [1.29, 1.82) is 0 Å². The van der Waals surface area contributed by atoms with Crippen LogP contribution in [0.5, 0.6) is 0 Å². The summed E-state index contributed by atoms with van der Waals surface area (Å²) in [4.78, 5) is 30.0. The number of hydrogen-bond acceptors (Lipinski definition) is 4. The Hall–Kier alpha value is -3.81. The summed E-state index contributed by atoms with van der Waals surface area (Å²) in [6.45, 7) is 0.832. The lowest BCUT2D eigenvalue weighted by atomic mass is 9.81. The Morgan fingerprint density at radius 3 is 2.39 bits per heavy atom. The Kier molecular flexibility index (Phi) is 8.52. The first-order chi connectivity index (χ1) is 19.2. The monoisotopic (exact) mass is 589 g/mol. The molecule has 220 valence electrons. The first kappa shape index (κ1) is 30.2. The Morgan fingerprint density at radius 1 is 1.05 bits per heavy atom. The third-order valence-corrected chi connectivity index (χ3v) is 6.69. The van der Waals surface area contributed by atoms with Gasteiger partial charge in [0.05, 0.1) is 35.1 Å². The van der Waals surface area contributed by atoms with E-state index in [1.807, 2.05) is 4.98 Å². The van der Waals surface area contributed by atoms with Crippen LogP contribution in [-0.2, 0) is 41.5 Å². The number of ether oxygens (including phenoxy) is 1. The maximum atomic E-state index is 15.4. The van der Waals surface area contributed by atoms with Crippen molar-refractivity contribution in [2.45, 2.75) is 57.8 Å². The van der Waals surface area contributed by atoms with Crippen molar-refractivity contribution >= 4 is 5.91 Å². The fourth-order valence-corrected chi connectivity index (χ4v) is 4.38. The summed E-state index contributed by atoms with van der Waals surface area (Å²) in [7, 11) is 0. The molecule has 0 radical (unpaired) electrons. The number of nitrogens with one attached hydrogen (secondary N) is 2. The van der Waals surface area contributed by atoms with Gasteiger partial charge in [-0.25, -0.2) is 9.37 Å². The van der Waals surface area contributed by atoms with Crippen molar-refractivity contribution < 1.29 is 44.7 Å². The average Bonchev–Trinajstić information content (AvgIpc) is 2.87. The molecule has 0 bridgehead atoms. The van der Waals surface area contributed by atoms with Gasteiger partial charge in [-0.15, -0.1) is 0 Å². The molecule has 2 N–H and O–H groups in total. The molecule has 0 aliphatic heterocycles. The molecule has 3 aromatic rings. The molecule has 1 heterocycles. The second-order valence-electron chi connectivity index (χ2n) is 9.51. The number of carbonyl (C=O) groups is 1. The first-order valence-corrected chi connectivity index (χ1v) is 12.4. The van der Waals surface area contributed by atoms with E-state index in [-0.39, 0.29) is 31.4 Å². The number of H-pyrrole nitrogens is 1. The smallest absolute Gasteiger partial charge is 0.373 e. The number of amides is 1. The number of rotatable bonds is 8. The zero-order valence-electron chi connectivity index (χ0n) is 21.4. The molecule has 41 heavy (non-hydrogen) atoms. The van der Waals surface area contributed by atoms with Crippen molar-refractivity contribution in [3.05, 3.63) is 86.3 Å². The van der Waals surface area contributed by atoms with E-state index in [2.05, 4.69) is 10.3 Å². The summed E-state index contributed by atoms with van der Waals surface area (Å²) < 4.78 is 114. The highest BCUT2D eigenvalue weighted by atomic mass is 19.4. The van der Waals surface area contributed by atoms with Gasteiger partial charge < -0.3 is 15.0 Å².